The van der Waals surface area contributed by atoms with Gasteiger partial charge in [-0.05, 0) is 49.4 Å². The van der Waals surface area contributed by atoms with E-state index in [9.17, 15) is 9.59 Å². The zero-order valence-electron chi connectivity index (χ0n) is 16.9. The molecule has 0 spiro atoms. The monoisotopic (exact) mass is 382 g/mol. The molecule has 0 aromatic heterocycles. The van der Waals surface area contributed by atoms with E-state index in [2.05, 4.69) is 10.6 Å². The summed E-state index contributed by atoms with van der Waals surface area (Å²) in [6.45, 7) is 6.98. The zero-order chi connectivity index (χ0) is 20.4. The number of amides is 2. The minimum atomic E-state index is -0.554. The number of nitrogens with one attached hydrogen (secondary N) is 2. The lowest BCUT2D eigenvalue weighted by atomic mass is 10.0. The third-order valence-corrected chi connectivity index (χ3v) is 4.35. The van der Waals surface area contributed by atoms with E-state index in [1.54, 1.807) is 6.07 Å². The second-order valence-electron chi connectivity index (χ2n) is 7.28. The fourth-order valence-corrected chi connectivity index (χ4v) is 2.88. The van der Waals surface area contributed by atoms with Crippen LogP contribution in [-0.4, -0.2) is 31.0 Å². The van der Waals surface area contributed by atoms with Crippen LogP contribution in [0.5, 0.6) is 5.75 Å². The molecule has 1 unspecified atom stereocenters. The molecule has 0 aliphatic carbocycles. The fraction of sp³-hybridized carbons (Fsp3) is 0.391. The van der Waals surface area contributed by atoms with Crippen molar-refractivity contribution >= 4 is 11.8 Å². The van der Waals surface area contributed by atoms with Gasteiger partial charge in [0, 0.05) is 12.1 Å². The summed E-state index contributed by atoms with van der Waals surface area (Å²) < 4.78 is 5.63. The van der Waals surface area contributed by atoms with Crippen molar-refractivity contribution in [1.29, 1.82) is 0 Å². The molecular weight excluding hydrogens is 352 g/mol. The van der Waals surface area contributed by atoms with Crippen molar-refractivity contribution in [3.63, 3.8) is 0 Å². The maximum atomic E-state index is 12.6. The van der Waals surface area contributed by atoms with Gasteiger partial charge in [0.05, 0.1) is 6.61 Å². The second kappa shape index (κ2) is 11.1. The molecule has 2 aromatic rings. The molecule has 5 nitrogen and oxygen atoms in total. The van der Waals surface area contributed by atoms with Crippen LogP contribution in [0, 0.1) is 12.8 Å². The van der Waals surface area contributed by atoms with Gasteiger partial charge in [0.1, 0.15) is 11.8 Å². The Bertz CT molecular complexity index is 759. The molecule has 0 radical (unpaired) electrons. The number of aryl methyl sites for hydroxylation is 1. The van der Waals surface area contributed by atoms with Crippen LogP contribution >= 0.6 is 0 Å². The Hall–Kier alpha value is -2.82. The lowest BCUT2D eigenvalue weighted by molar-refractivity contribution is -0.123. The van der Waals surface area contributed by atoms with Gasteiger partial charge in [0.25, 0.3) is 5.91 Å². The van der Waals surface area contributed by atoms with Crippen molar-refractivity contribution in [2.24, 2.45) is 5.92 Å². The van der Waals surface area contributed by atoms with Gasteiger partial charge in [-0.25, -0.2) is 0 Å². The van der Waals surface area contributed by atoms with Crippen LogP contribution in [0.25, 0.3) is 0 Å². The van der Waals surface area contributed by atoms with E-state index < -0.39 is 6.04 Å². The largest absolute Gasteiger partial charge is 0.494 e. The van der Waals surface area contributed by atoms with Crippen molar-refractivity contribution < 1.29 is 14.3 Å². The normalized spacial score (nSPS) is 11.7. The summed E-state index contributed by atoms with van der Waals surface area (Å²) in [4.78, 5) is 25.2. The number of hydrogen-bond donors (Lipinski definition) is 2. The first kappa shape index (κ1) is 21.5. The van der Waals surface area contributed by atoms with E-state index in [1.165, 1.54) is 0 Å². The van der Waals surface area contributed by atoms with Crippen molar-refractivity contribution in [2.75, 3.05) is 13.2 Å². The average Bonchev–Trinajstić information content (AvgIpc) is 2.67. The van der Waals surface area contributed by atoms with Crippen molar-refractivity contribution in [1.82, 2.24) is 10.6 Å². The first-order valence-corrected chi connectivity index (χ1v) is 9.79. The molecule has 2 amide bonds. The third-order valence-electron chi connectivity index (χ3n) is 4.35. The Kier molecular flexibility index (Phi) is 8.53. The maximum absolute atomic E-state index is 12.6. The van der Waals surface area contributed by atoms with Crippen LogP contribution in [0.15, 0.2) is 54.6 Å². The highest BCUT2D eigenvalue weighted by atomic mass is 16.5. The van der Waals surface area contributed by atoms with Gasteiger partial charge < -0.3 is 15.4 Å². The number of carbonyl (C=O) groups is 2. The molecule has 0 aliphatic rings. The maximum Gasteiger partial charge on any atom is 0.252 e. The Morgan fingerprint density at radius 2 is 1.68 bits per heavy atom. The third kappa shape index (κ3) is 7.06. The highest BCUT2D eigenvalue weighted by Crippen LogP contribution is 2.10. The van der Waals surface area contributed by atoms with E-state index in [1.807, 2.05) is 69.3 Å². The van der Waals surface area contributed by atoms with Crippen molar-refractivity contribution in [3.05, 3.63) is 65.7 Å². The highest BCUT2D eigenvalue weighted by Gasteiger charge is 2.22. The summed E-state index contributed by atoms with van der Waals surface area (Å²) in [5, 5.41) is 5.80. The number of ether oxygens (including phenoxy) is 1. The lowest BCUT2D eigenvalue weighted by Crippen LogP contribution is -2.47. The van der Waals surface area contributed by atoms with Crippen LogP contribution in [0.2, 0.25) is 0 Å². The topological polar surface area (TPSA) is 67.4 Å². The fourth-order valence-electron chi connectivity index (χ4n) is 2.88. The molecule has 0 heterocycles. The Morgan fingerprint density at radius 1 is 1.00 bits per heavy atom. The first-order valence-electron chi connectivity index (χ1n) is 9.79. The number of para-hydroxylation sites is 1. The summed E-state index contributed by atoms with van der Waals surface area (Å²) in [6, 6.07) is 16.4. The summed E-state index contributed by atoms with van der Waals surface area (Å²) >= 11 is 0. The summed E-state index contributed by atoms with van der Waals surface area (Å²) in [5.74, 6) is 0.730. The molecule has 0 bridgehead atoms. The summed E-state index contributed by atoms with van der Waals surface area (Å²) in [7, 11) is 0. The quantitative estimate of drug-likeness (QED) is 0.616. The van der Waals surface area contributed by atoms with E-state index in [-0.39, 0.29) is 17.7 Å². The molecule has 1 atom stereocenters. The molecule has 0 fully saturated rings. The molecular formula is C23H30N2O3. The van der Waals surface area contributed by atoms with Crippen LogP contribution in [0.3, 0.4) is 0 Å². The van der Waals surface area contributed by atoms with Gasteiger partial charge in [-0.15, -0.1) is 0 Å². The number of hydrogen-bond acceptors (Lipinski definition) is 3. The summed E-state index contributed by atoms with van der Waals surface area (Å²) in [6.07, 6.45) is 1.28. The SMILES string of the molecule is Cc1ccccc1C(=O)NC(CC(C)C)C(=O)NCCCOc1ccccc1. The predicted octanol–water partition coefficient (Wildman–Crippen LogP) is 3.72. The van der Waals surface area contributed by atoms with Crippen LogP contribution in [0.4, 0.5) is 0 Å². The van der Waals surface area contributed by atoms with Crippen LogP contribution < -0.4 is 15.4 Å². The second-order valence-corrected chi connectivity index (χ2v) is 7.28. The van der Waals surface area contributed by atoms with Gasteiger partial charge >= 0.3 is 0 Å². The minimum Gasteiger partial charge on any atom is -0.494 e. The van der Waals surface area contributed by atoms with E-state index in [0.29, 0.717) is 31.6 Å². The Morgan fingerprint density at radius 3 is 2.36 bits per heavy atom. The van der Waals surface area contributed by atoms with E-state index in [4.69, 9.17) is 4.74 Å². The summed E-state index contributed by atoms with van der Waals surface area (Å²) in [5.41, 5.74) is 1.49. The molecule has 2 N–H and O–H groups in total. The lowest BCUT2D eigenvalue weighted by Gasteiger charge is -2.20. The van der Waals surface area contributed by atoms with E-state index in [0.717, 1.165) is 11.3 Å². The number of benzene rings is 2. The zero-order valence-corrected chi connectivity index (χ0v) is 16.9. The van der Waals surface area contributed by atoms with Gasteiger partial charge in [-0.2, -0.15) is 0 Å². The van der Waals surface area contributed by atoms with Crippen molar-refractivity contribution in [2.45, 2.75) is 39.7 Å². The van der Waals surface area contributed by atoms with Crippen molar-refractivity contribution in [3.8, 4) is 5.75 Å². The molecule has 0 aliphatic heterocycles. The average molecular weight is 383 g/mol. The molecule has 0 saturated carbocycles. The first-order chi connectivity index (χ1) is 13.5. The smallest absolute Gasteiger partial charge is 0.252 e. The molecule has 150 valence electrons. The molecule has 5 heteroatoms. The minimum absolute atomic E-state index is 0.157. The van der Waals surface area contributed by atoms with Gasteiger partial charge in [0.2, 0.25) is 5.91 Å². The Labute approximate surface area is 167 Å². The van der Waals surface area contributed by atoms with Crippen LogP contribution in [-0.2, 0) is 4.79 Å². The molecule has 0 saturated heterocycles. The van der Waals surface area contributed by atoms with Gasteiger partial charge in [-0.3, -0.25) is 9.59 Å². The number of rotatable bonds is 10. The predicted molar refractivity (Wildman–Crippen MR) is 111 cm³/mol. The van der Waals surface area contributed by atoms with Crippen LogP contribution in [0.1, 0.15) is 42.6 Å². The number of carbonyl (C=O) groups excluding carboxylic acids is 2. The standard InChI is InChI=1S/C23H30N2O3/c1-17(2)16-21(25-22(26)20-13-8-7-10-18(20)3)23(27)24-14-9-15-28-19-11-5-4-6-12-19/h4-8,10-13,17,21H,9,14-16H2,1-3H3,(H,24,27)(H,25,26). The molecule has 2 aromatic carbocycles. The van der Waals surface area contributed by atoms with Gasteiger partial charge in [-0.1, -0.05) is 50.2 Å². The Balaban J connectivity index is 1.83. The van der Waals surface area contributed by atoms with Gasteiger partial charge in [0.15, 0.2) is 0 Å². The van der Waals surface area contributed by atoms with E-state index >= 15 is 0 Å². The highest BCUT2D eigenvalue weighted by molar-refractivity contribution is 5.98. The molecule has 28 heavy (non-hydrogen) atoms. The molecule has 2 rings (SSSR count).